The third-order valence-corrected chi connectivity index (χ3v) is 6.81. The van der Waals surface area contributed by atoms with E-state index in [0.29, 0.717) is 17.1 Å². The second kappa shape index (κ2) is 13.5. The van der Waals surface area contributed by atoms with Gasteiger partial charge in [0.1, 0.15) is 29.2 Å². The summed E-state index contributed by atoms with van der Waals surface area (Å²) in [5.41, 5.74) is 6.82. The van der Waals surface area contributed by atoms with Gasteiger partial charge in [-0.15, -0.1) is 0 Å². The van der Waals surface area contributed by atoms with E-state index in [2.05, 4.69) is 53.4 Å². The van der Waals surface area contributed by atoms with Crippen LogP contribution in [0.15, 0.2) is 156 Å². The van der Waals surface area contributed by atoms with Gasteiger partial charge in [-0.05, 0) is 84.0 Å². The number of hydrogen-bond acceptors (Lipinski definition) is 5. The third-order valence-electron chi connectivity index (χ3n) is 6.81. The molecule has 0 spiro atoms. The smallest absolute Gasteiger partial charge is 0.137 e. The Morgan fingerprint density at radius 2 is 0.977 bits per heavy atom. The van der Waals surface area contributed by atoms with Gasteiger partial charge in [0.2, 0.25) is 0 Å². The Bertz CT molecular complexity index is 1740. The van der Waals surface area contributed by atoms with E-state index in [1.54, 1.807) is 12.2 Å². The highest BCUT2D eigenvalue weighted by molar-refractivity contribution is 5.77. The van der Waals surface area contributed by atoms with Crippen molar-refractivity contribution in [3.05, 3.63) is 167 Å². The summed E-state index contributed by atoms with van der Waals surface area (Å²) in [4.78, 5) is 4.25. The fourth-order valence-electron chi connectivity index (χ4n) is 4.58. The lowest BCUT2D eigenvalue weighted by atomic mass is 10.0. The summed E-state index contributed by atoms with van der Waals surface area (Å²) < 4.78 is 6.12. The lowest BCUT2D eigenvalue weighted by Crippen LogP contribution is -2.09. The Morgan fingerprint density at radius 1 is 0.558 bits per heavy atom. The van der Waals surface area contributed by atoms with Crippen LogP contribution in [0.5, 0.6) is 0 Å². The van der Waals surface area contributed by atoms with Gasteiger partial charge < -0.3 is 14.5 Å². The molecule has 0 saturated carbocycles. The van der Waals surface area contributed by atoms with Crippen molar-refractivity contribution in [1.29, 1.82) is 10.5 Å². The predicted octanol–water partition coefficient (Wildman–Crippen LogP) is 9.09. The molecule has 1 aliphatic rings. The van der Waals surface area contributed by atoms with Gasteiger partial charge in [-0.3, -0.25) is 0 Å². The lowest BCUT2D eigenvalue weighted by molar-refractivity contribution is 0.332. The minimum Gasteiger partial charge on any atom is -0.457 e. The summed E-state index contributed by atoms with van der Waals surface area (Å²) >= 11 is 0. The summed E-state index contributed by atoms with van der Waals surface area (Å²) in [6.07, 6.45) is 11.0. The summed E-state index contributed by atoms with van der Waals surface area (Å²) in [5, 5.41) is 19.0. The molecule has 0 atom stereocenters. The van der Waals surface area contributed by atoms with E-state index in [4.69, 9.17) is 4.74 Å². The Hall–Kier alpha value is -6.04. The highest BCUT2D eigenvalue weighted by atomic mass is 16.5. The first-order chi connectivity index (χ1) is 21.0. The molecule has 0 fully saturated rings. The SMILES string of the molecule is CN(C)c1ccc(C=CC2=CC(=C(C#N)C#N)C=C(C=Cc3ccc(N(c4ccccc4)c4ccccc4)cc3)O2)cc1. The van der Waals surface area contributed by atoms with Crippen molar-refractivity contribution in [3.8, 4) is 12.1 Å². The first kappa shape index (κ1) is 28.5. The highest BCUT2D eigenvalue weighted by Gasteiger charge is 2.13. The number of anilines is 4. The van der Waals surface area contributed by atoms with E-state index in [1.807, 2.05) is 116 Å². The summed E-state index contributed by atoms with van der Waals surface area (Å²) in [5.74, 6) is 1.07. The number of benzene rings is 4. The largest absolute Gasteiger partial charge is 0.457 e. The molecule has 1 heterocycles. The molecule has 0 N–H and O–H groups in total. The van der Waals surface area contributed by atoms with E-state index < -0.39 is 0 Å². The van der Waals surface area contributed by atoms with Crippen LogP contribution in [0, 0.1) is 22.7 Å². The first-order valence-electron chi connectivity index (χ1n) is 13.8. The van der Waals surface area contributed by atoms with Gasteiger partial charge in [-0.25, -0.2) is 0 Å². The third kappa shape index (κ3) is 7.19. The molecule has 0 unspecified atom stereocenters. The van der Waals surface area contributed by atoms with E-state index in [9.17, 15) is 10.5 Å². The molecule has 0 radical (unpaired) electrons. The average molecular weight is 559 g/mol. The number of nitrogens with zero attached hydrogens (tertiary/aromatic N) is 4. The quantitative estimate of drug-likeness (QED) is 0.202. The Balaban J connectivity index is 1.38. The maximum absolute atomic E-state index is 9.50. The van der Waals surface area contributed by atoms with Crippen molar-refractivity contribution in [2.24, 2.45) is 0 Å². The van der Waals surface area contributed by atoms with Crippen LogP contribution in [-0.4, -0.2) is 14.1 Å². The summed E-state index contributed by atoms with van der Waals surface area (Å²) in [7, 11) is 4.00. The molecule has 0 aromatic heterocycles. The van der Waals surface area contributed by atoms with E-state index in [1.165, 1.54) is 0 Å². The number of nitriles is 2. The molecule has 4 aromatic carbocycles. The normalized spacial score (nSPS) is 12.6. The van der Waals surface area contributed by atoms with Crippen LogP contribution in [0.2, 0.25) is 0 Å². The van der Waals surface area contributed by atoms with Crippen molar-refractivity contribution >= 4 is 34.9 Å². The predicted molar refractivity (Wildman–Crippen MR) is 175 cm³/mol. The summed E-state index contributed by atoms with van der Waals surface area (Å²) in [6.45, 7) is 0. The zero-order valence-corrected chi connectivity index (χ0v) is 24.1. The molecular formula is C38H30N4O. The number of allylic oxidation sites excluding steroid dienone is 6. The van der Waals surface area contributed by atoms with Crippen molar-refractivity contribution < 1.29 is 4.74 Å². The molecule has 4 aromatic rings. The molecule has 5 heteroatoms. The van der Waals surface area contributed by atoms with Crippen molar-refractivity contribution in [1.82, 2.24) is 0 Å². The molecule has 0 saturated heterocycles. The lowest BCUT2D eigenvalue weighted by Gasteiger charge is -2.25. The second-order valence-corrected chi connectivity index (χ2v) is 10.0. The van der Waals surface area contributed by atoms with Crippen molar-refractivity contribution in [2.45, 2.75) is 0 Å². The molecule has 43 heavy (non-hydrogen) atoms. The molecule has 5 nitrogen and oxygen atoms in total. The molecule has 208 valence electrons. The molecule has 0 bridgehead atoms. The van der Waals surface area contributed by atoms with Crippen LogP contribution < -0.4 is 9.80 Å². The van der Waals surface area contributed by atoms with Gasteiger partial charge in [0.05, 0.1) is 0 Å². The van der Waals surface area contributed by atoms with E-state index >= 15 is 0 Å². The average Bonchev–Trinajstić information content (AvgIpc) is 3.05. The van der Waals surface area contributed by atoms with Gasteiger partial charge >= 0.3 is 0 Å². The molecule has 0 amide bonds. The fraction of sp³-hybridized carbons (Fsp3) is 0.0526. The van der Waals surface area contributed by atoms with Crippen LogP contribution in [0.3, 0.4) is 0 Å². The zero-order valence-electron chi connectivity index (χ0n) is 24.1. The Morgan fingerprint density at radius 3 is 1.40 bits per heavy atom. The molecule has 5 rings (SSSR count). The number of para-hydroxylation sites is 2. The maximum Gasteiger partial charge on any atom is 0.137 e. The Labute approximate surface area is 253 Å². The van der Waals surface area contributed by atoms with Crippen LogP contribution >= 0.6 is 0 Å². The minimum atomic E-state index is 0.0294. The van der Waals surface area contributed by atoms with Crippen molar-refractivity contribution in [2.75, 3.05) is 23.9 Å². The van der Waals surface area contributed by atoms with Crippen LogP contribution in [0.4, 0.5) is 22.7 Å². The monoisotopic (exact) mass is 558 g/mol. The van der Waals surface area contributed by atoms with Crippen molar-refractivity contribution in [3.63, 3.8) is 0 Å². The van der Waals surface area contributed by atoms with Crippen LogP contribution in [-0.2, 0) is 4.74 Å². The highest BCUT2D eigenvalue weighted by Crippen LogP contribution is 2.34. The van der Waals surface area contributed by atoms with Gasteiger partial charge in [-0.2, -0.15) is 10.5 Å². The minimum absolute atomic E-state index is 0.0294. The number of hydrogen-bond donors (Lipinski definition) is 0. The molecule has 0 aliphatic carbocycles. The van der Waals surface area contributed by atoms with Crippen LogP contribution in [0.25, 0.3) is 12.2 Å². The number of ether oxygens (including phenoxy) is 1. The van der Waals surface area contributed by atoms with Gasteiger partial charge in [0.15, 0.2) is 0 Å². The standard InChI is InChI=1S/C38H30N4O/c1-41(2)33-19-13-29(14-20-33)17-23-37-25-31(32(27-39)28-40)26-38(43-37)24-18-30-15-21-36(22-16-30)42(34-9-5-3-6-10-34)35-11-7-4-8-12-35/h3-26H,1-2H3. The van der Waals surface area contributed by atoms with E-state index in [0.717, 1.165) is 33.9 Å². The number of rotatable bonds is 8. The second-order valence-electron chi connectivity index (χ2n) is 10.0. The first-order valence-corrected chi connectivity index (χ1v) is 13.8. The van der Waals surface area contributed by atoms with Gasteiger partial charge in [0.25, 0.3) is 0 Å². The molecular weight excluding hydrogens is 528 g/mol. The van der Waals surface area contributed by atoms with Gasteiger partial charge in [0, 0.05) is 42.4 Å². The van der Waals surface area contributed by atoms with Crippen LogP contribution in [0.1, 0.15) is 11.1 Å². The summed E-state index contributed by atoms with van der Waals surface area (Å²) in [6, 6.07) is 40.9. The Kier molecular flexibility index (Phi) is 8.97. The van der Waals surface area contributed by atoms with E-state index in [-0.39, 0.29) is 5.57 Å². The fourth-order valence-corrected chi connectivity index (χ4v) is 4.58. The maximum atomic E-state index is 9.50. The topological polar surface area (TPSA) is 63.3 Å². The molecule has 1 aliphatic heterocycles. The zero-order chi connectivity index (χ0) is 30.0. The van der Waals surface area contributed by atoms with Gasteiger partial charge in [-0.1, -0.05) is 72.8 Å².